The lowest BCUT2D eigenvalue weighted by Gasteiger charge is -2.10. The van der Waals surface area contributed by atoms with Gasteiger partial charge in [-0.15, -0.1) is 0 Å². The van der Waals surface area contributed by atoms with Crippen LogP contribution in [0.5, 0.6) is 17.2 Å². The van der Waals surface area contributed by atoms with E-state index in [1.165, 1.54) is 26.4 Å². The van der Waals surface area contributed by atoms with E-state index in [4.69, 9.17) is 14.2 Å². The number of carbonyl (C=O) groups is 2. The summed E-state index contributed by atoms with van der Waals surface area (Å²) in [7, 11) is 3.06. The normalized spacial score (nSPS) is 10.5. The molecule has 2 aromatic rings. The molecule has 0 heterocycles. The Hall–Kier alpha value is -3.28. The Bertz CT molecular complexity index is 794. The molecular formula is C19H17O6-. The summed E-state index contributed by atoms with van der Waals surface area (Å²) >= 11 is 0. The number of carboxylic acids is 1. The van der Waals surface area contributed by atoms with Crippen LogP contribution in [0, 0.1) is 0 Å². The van der Waals surface area contributed by atoms with Crippen molar-refractivity contribution in [2.45, 2.75) is 0 Å². The van der Waals surface area contributed by atoms with Crippen LogP contribution < -0.4 is 19.3 Å². The SMILES string of the molecule is COc1cccc(/C=C/C(=O)c2cccc(OCC(=O)[O-])c2)c1OC. The van der Waals surface area contributed by atoms with Gasteiger partial charge in [0.15, 0.2) is 17.3 Å². The van der Waals surface area contributed by atoms with Crippen molar-refractivity contribution in [2.24, 2.45) is 0 Å². The fourth-order valence-electron chi connectivity index (χ4n) is 2.19. The predicted molar refractivity (Wildman–Crippen MR) is 89.9 cm³/mol. The molecule has 6 heteroatoms. The van der Waals surface area contributed by atoms with Gasteiger partial charge in [0.25, 0.3) is 0 Å². The van der Waals surface area contributed by atoms with E-state index in [0.29, 0.717) is 22.6 Å². The van der Waals surface area contributed by atoms with Gasteiger partial charge in [0.2, 0.25) is 0 Å². The van der Waals surface area contributed by atoms with E-state index in [9.17, 15) is 14.7 Å². The van der Waals surface area contributed by atoms with E-state index in [2.05, 4.69) is 0 Å². The number of carboxylic acid groups (broad SMARTS) is 1. The molecule has 0 aromatic heterocycles. The van der Waals surface area contributed by atoms with Gasteiger partial charge in [0.05, 0.1) is 20.2 Å². The molecule has 0 fully saturated rings. The van der Waals surface area contributed by atoms with Crippen LogP contribution in [0.2, 0.25) is 0 Å². The van der Waals surface area contributed by atoms with E-state index >= 15 is 0 Å². The minimum absolute atomic E-state index is 0.260. The van der Waals surface area contributed by atoms with Crippen molar-refractivity contribution >= 4 is 17.8 Å². The molecule has 0 atom stereocenters. The van der Waals surface area contributed by atoms with E-state index < -0.39 is 12.6 Å². The third-order valence-corrected chi connectivity index (χ3v) is 3.32. The first-order valence-corrected chi connectivity index (χ1v) is 7.41. The molecule has 2 aromatic carbocycles. The Morgan fingerprint density at radius 1 is 1.08 bits per heavy atom. The molecule has 25 heavy (non-hydrogen) atoms. The van der Waals surface area contributed by atoms with E-state index in [1.54, 1.807) is 42.5 Å². The second kappa shape index (κ2) is 8.54. The van der Waals surface area contributed by atoms with E-state index in [-0.39, 0.29) is 11.5 Å². The van der Waals surface area contributed by atoms with Gasteiger partial charge in [-0.2, -0.15) is 0 Å². The van der Waals surface area contributed by atoms with Crippen molar-refractivity contribution in [1.29, 1.82) is 0 Å². The van der Waals surface area contributed by atoms with Crippen LogP contribution in [0.1, 0.15) is 15.9 Å². The van der Waals surface area contributed by atoms with Gasteiger partial charge in [-0.25, -0.2) is 0 Å². The molecule has 130 valence electrons. The molecule has 0 N–H and O–H groups in total. The second-order valence-electron chi connectivity index (χ2n) is 4.97. The molecular weight excluding hydrogens is 324 g/mol. The lowest BCUT2D eigenvalue weighted by molar-refractivity contribution is -0.307. The number of benzene rings is 2. The maximum Gasteiger partial charge on any atom is 0.185 e. The standard InChI is InChI=1S/C19H18O6/c1-23-17-8-4-5-13(19(17)24-2)9-10-16(20)14-6-3-7-15(11-14)25-12-18(21)22/h3-11H,12H2,1-2H3,(H,21,22)/p-1/b10-9+. The van der Waals surface area contributed by atoms with Gasteiger partial charge in [0.1, 0.15) is 12.4 Å². The highest BCUT2D eigenvalue weighted by atomic mass is 16.5. The zero-order chi connectivity index (χ0) is 18.2. The molecule has 0 saturated carbocycles. The zero-order valence-corrected chi connectivity index (χ0v) is 13.9. The molecule has 2 rings (SSSR count). The van der Waals surface area contributed by atoms with Crippen LogP contribution >= 0.6 is 0 Å². The van der Waals surface area contributed by atoms with Crippen molar-refractivity contribution in [2.75, 3.05) is 20.8 Å². The van der Waals surface area contributed by atoms with Crippen molar-refractivity contribution in [1.82, 2.24) is 0 Å². The summed E-state index contributed by atoms with van der Waals surface area (Å²) in [6.45, 7) is -0.575. The third kappa shape index (κ3) is 4.84. The Morgan fingerprint density at radius 2 is 1.84 bits per heavy atom. The summed E-state index contributed by atoms with van der Waals surface area (Å²) in [6.07, 6.45) is 3.02. The topological polar surface area (TPSA) is 84.9 Å². The van der Waals surface area contributed by atoms with Crippen LogP contribution in [0.4, 0.5) is 0 Å². The van der Waals surface area contributed by atoms with Crippen molar-refractivity contribution in [3.05, 3.63) is 59.7 Å². The first-order chi connectivity index (χ1) is 12.0. The first-order valence-electron chi connectivity index (χ1n) is 7.41. The molecule has 0 unspecified atom stereocenters. The highest BCUT2D eigenvalue weighted by Gasteiger charge is 2.08. The molecule has 0 saturated heterocycles. The maximum absolute atomic E-state index is 12.3. The Morgan fingerprint density at radius 3 is 2.52 bits per heavy atom. The minimum atomic E-state index is -1.33. The number of para-hydroxylation sites is 1. The molecule has 6 nitrogen and oxygen atoms in total. The highest BCUT2D eigenvalue weighted by molar-refractivity contribution is 6.07. The van der Waals surface area contributed by atoms with Gasteiger partial charge in [-0.05, 0) is 30.4 Å². The molecule has 0 aliphatic heterocycles. The fourth-order valence-corrected chi connectivity index (χ4v) is 2.19. The molecule has 0 bridgehead atoms. The highest BCUT2D eigenvalue weighted by Crippen LogP contribution is 2.31. The lowest BCUT2D eigenvalue weighted by atomic mass is 10.1. The van der Waals surface area contributed by atoms with Gasteiger partial charge >= 0.3 is 0 Å². The monoisotopic (exact) mass is 341 g/mol. The quantitative estimate of drug-likeness (QED) is 0.537. The number of hydrogen-bond donors (Lipinski definition) is 0. The second-order valence-corrected chi connectivity index (χ2v) is 4.97. The van der Waals surface area contributed by atoms with Gasteiger partial charge in [-0.1, -0.05) is 24.3 Å². The molecule has 0 spiro atoms. The fraction of sp³-hybridized carbons (Fsp3) is 0.158. The van der Waals surface area contributed by atoms with Crippen molar-refractivity contribution < 1.29 is 28.9 Å². The Labute approximate surface area is 145 Å². The largest absolute Gasteiger partial charge is 0.546 e. The number of rotatable bonds is 8. The van der Waals surface area contributed by atoms with Crippen LogP contribution in [-0.2, 0) is 4.79 Å². The Balaban J connectivity index is 2.18. The van der Waals surface area contributed by atoms with Crippen molar-refractivity contribution in [3.8, 4) is 17.2 Å². The van der Waals surface area contributed by atoms with Gasteiger partial charge in [0, 0.05) is 11.1 Å². The maximum atomic E-state index is 12.3. The lowest BCUT2D eigenvalue weighted by Crippen LogP contribution is -2.28. The Kier molecular flexibility index (Phi) is 6.17. The van der Waals surface area contributed by atoms with Crippen LogP contribution in [0.3, 0.4) is 0 Å². The number of carbonyl (C=O) groups excluding carboxylic acids is 2. The first kappa shape index (κ1) is 18.1. The zero-order valence-electron chi connectivity index (χ0n) is 13.9. The number of ether oxygens (including phenoxy) is 3. The third-order valence-electron chi connectivity index (χ3n) is 3.32. The van der Waals surface area contributed by atoms with Crippen molar-refractivity contribution in [3.63, 3.8) is 0 Å². The van der Waals surface area contributed by atoms with Gasteiger partial charge in [-0.3, -0.25) is 4.79 Å². The number of aliphatic carboxylic acids is 1. The summed E-state index contributed by atoms with van der Waals surface area (Å²) in [4.78, 5) is 22.7. The average molecular weight is 341 g/mol. The molecule has 0 amide bonds. The summed E-state index contributed by atoms with van der Waals surface area (Å²) in [5, 5.41) is 10.4. The number of hydrogen-bond acceptors (Lipinski definition) is 6. The van der Waals surface area contributed by atoms with E-state index in [1.807, 2.05) is 0 Å². The molecule has 0 aliphatic rings. The van der Waals surface area contributed by atoms with E-state index in [0.717, 1.165) is 0 Å². The summed E-state index contributed by atoms with van der Waals surface area (Å²) in [6, 6.07) is 11.6. The smallest absolute Gasteiger partial charge is 0.185 e. The predicted octanol–water partition coefficient (Wildman–Crippen LogP) is 1.73. The van der Waals surface area contributed by atoms with Crippen LogP contribution in [0.25, 0.3) is 6.08 Å². The molecule has 0 aliphatic carbocycles. The van der Waals surface area contributed by atoms with Crippen LogP contribution in [-0.4, -0.2) is 32.6 Å². The molecule has 0 radical (unpaired) electrons. The summed E-state index contributed by atoms with van der Waals surface area (Å²) in [5.41, 5.74) is 1.06. The number of methoxy groups -OCH3 is 2. The number of allylic oxidation sites excluding steroid dienone is 1. The average Bonchev–Trinajstić information content (AvgIpc) is 2.64. The summed E-state index contributed by atoms with van der Waals surface area (Å²) < 4.78 is 15.5. The summed E-state index contributed by atoms with van der Waals surface area (Å²) in [5.74, 6) is -0.220. The van der Waals surface area contributed by atoms with Crippen LogP contribution in [0.15, 0.2) is 48.5 Å². The number of ketones is 1. The van der Waals surface area contributed by atoms with Gasteiger partial charge < -0.3 is 24.1 Å². The minimum Gasteiger partial charge on any atom is -0.546 e.